The number of aromatic hydroxyl groups is 1. The van der Waals surface area contributed by atoms with Crippen LogP contribution in [-0.4, -0.2) is 21.5 Å². The van der Waals surface area contributed by atoms with E-state index in [4.69, 9.17) is 0 Å². The highest BCUT2D eigenvalue weighted by molar-refractivity contribution is 5.85. The van der Waals surface area contributed by atoms with Gasteiger partial charge in [0.1, 0.15) is 11.6 Å². The Morgan fingerprint density at radius 2 is 2.11 bits per heavy atom. The van der Waals surface area contributed by atoms with Gasteiger partial charge in [0.25, 0.3) is 0 Å². The highest BCUT2D eigenvalue weighted by Crippen LogP contribution is 2.24. The van der Waals surface area contributed by atoms with Gasteiger partial charge in [0, 0.05) is 11.3 Å². The van der Waals surface area contributed by atoms with Crippen LogP contribution in [0.5, 0.6) is 5.75 Å². The first-order valence-electron chi connectivity index (χ1n) is 5.75. The van der Waals surface area contributed by atoms with Crippen LogP contribution in [-0.2, 0) is 4.79 Å². The smallest absolute Gasteiger partial charge is 0.211 e. The largest absolute Gasteiger partial charge is 0.508 e. The Bertz CT molecular complexity index is 749. The summed E-state index contributed by atoms with van der Waals surface area (Å²) in [5.74, 6) is 0.871. The van der Waals surface area contributed by atoms with Crippen LogP contribution >= 0.6 is 0 Å². The Balaban J connectivity index is 2.08. The number of nitrogens with zero attached hydrogens (tertiary/aromatic N) is 1. The van der Waals surface area contributed by atoms with Gasteiger partial charge in [0.05, 0.1) is 11.0 Å². The number of hydrogen-bond acceptors (Lipinski definition) is 3. The van der Waals surface area contributed by atoms with Gasteiger partial charge in [-0.05, 0) is 30.3 Å². The summed E-state index contributed by atoms with van der Waals surface area (Å²) in [7, 11) is 0. The molecule has 0 fully saturated rings. The third kappa shape index (κ3) is 2.13. The maximum absolute atomic E-state index is 10.4. The second kappa shape index (κ2) is 4.45. The molecule has 0 aliphatic carbocycles. The van der Waals surface area contributed by atoms with Gasteiger partial charge in [0.15, 0.2) is 0 Å². The van der Waals surface area contributed by atoms with Crippen LogP contribution < -0.4 is 5.32 Å². The lowest BCUT2D eigenvalue weighted by Gasteiger charge is -1.97. The summed E-state index contributed by atoms with van der Waals surface area (Å²) in [6.07, 6.45) is 0.633. The second-order valence-electron chi connectivity index (χ2n) is 4.13. The van der Waals surface area contributed by atoms with Crippen molar-refractivity contribution in [3.8, 4) is 17.1 Å². The molecule has 3 aromatic rings. The molecule has 5 heteroatoms. The molecule has 0 atom stereocenters. The molecule has 0 bridgehead atoms. The number of aromatic amines is 1. The van der Waals surface area contributed by atoms with E-state index in [1.807, 2.05) is 18.2 Å². The van der Waals surface area contributed by atoms with Crippen molar-refractivity contribution < 1.29 is 9.90 Å². The molecule has 19 heavy (non-hydrogen) atoms. The van der Waals surface area contributed by atoms with Gasteiger partial charge in [-0.25, -0.2) is 4.98 Å². The fourth-order valence-corrected chi connectivity index (χ4v) is 1.96. The zero-order valence-corrected chi connectivity index (χ0v) is 9.92. The van der Waals surface area contributed by atoms with Crippen molar-refractivity contribution in [2.24, 2.45) is 0 Å². The number of nitrogens with one attached hydrogen (secondary N) is 2. The molecule has 0 saturated carbocycles. The van der Waals surface area contributed by atoms with Gasteiger partial charge in [-0.15, -0.1) is 0 Å². The normalized spacial score (nSPS) is 10.5. The van der Waals surface area contributed by atoms with Crippen molar-refractivity contribution in [3.05, 3.63) is 42.5 Å². The Morgan fingerprint density at radius 1 is 1.21 bits per heavy atom. The van der Waals surface area contributed by atoms with Crippen LogP contribution in [0.15, 0.2) is 42.5 Å². The highest BCUT2D eigenvalue weighted by Gasteiger charge is 2.06. The Labute approximate surface area is 108 Å². The second-order valence-corrected chi connectivity index (χ2v) is 4.13. The van der Waals surface area contributed by atoms with E-state index >= 15 is 0 Å². The highest BCUT2D eigenvalue weighted by atomic mass is 16.3. The standard InChI is InChI=1S/C14H11N3O2/c18-8-15-10-4-5-12-13(7-10)17-14(16-12)9-2-1-3-11(19)6-9/h1-8,19H,(H,15,18)(H,16,17). The predicted molar refractivity (Wildman–Crippen MR) is 72.9 cm³/mol. The summed E-state index contributed by atoms with van der Waals surface area (Å²) in [4.78, 5) is 18.0. The molecule has 0 aliphatic rings. The van der Waals surface area contributed by atoms with Crippen molar-refractivity contribution in [3.63, 3.8) is 0 Å². The van der Waals surface area contributed by atoms with E-state index in [9.17, 15) is 9.90 Å². The van der Waals surface area contributed by atoms with E-state index in [2.05, 4.69) is 15.3 Å². The van der Waals surface area contributed by atoms with Gasteiger partial charge < -0.3 is 15.4 Å². The zero-order valence-electron chi connectivity index (χ0n) is 9.92. The maximum atomic E-state index is 10.4. The number of carbonyl (C=O) groups excluding carboxylic acids is 1. The minimum absolute atomic E-state index is 0.196. The van der Waals surface area contributed by atoms with Crippen molar-refractivity contribution in [1.82, 2.24) is 9.97 Å². The lowest BCUT2D eigenvalue weighted by molar-refractivity contribution is -0.105. The van der Waals surface area contributed by atoms with Crippen LogP contribution in [0, 0.1) is 0 Å². The van der Waals surface area contributed by atoms with Gasteiger partial charge in [-0.3, -0.25) is 4.79 Å². The SMILES string of the molecule is O=CNc1ccc2nc(-c3cccc(O)c3)[nH]c2c1. The summed E-state index contributed by atoms with van der Waals surface area (Å²) in [6, 6.07) is 12.3. The first kappa shape index (κ1) is 11.3. The number of benzene rings is 2. The molecule has 0 saturated heterocycles. The van der Waals surface area contributed by atoms with Crippen molar-refractivity contribution in [2.75, 3.05) is 5.32 Å². The number of rotatable bonds is 3. The van der Waals surface area contributed by atoms with Crippen LogP contribution in [0.2, 0.25) is 0 Å². The summed E-state index contributed by atoms with van der Waals surface area (Å²) in [5, 5.41) is 12.1. The lowest BCUT2D eigenvalue weighted by Crippen LogP contribution is -1.92. The molecule has 1 heterocycles. The molecule has 94 valence electrons. The van der Waals surface area contributed by atoms with Crippen molar-refractivity contribution >= 4 is 23.1 Å². The Kier molecular flexibility index (Phi) is 2.64. The number of phenols is 1. The number of anilines is 1. The predicted octanol–water partition coefficient (Wildman–Crippen LogP) is 2.50. The number of carbonyl (C=O) groups is 1. The summed E-state index contributed by atoms with van der Waals surface area (Å²) in [5.41, 5.74) is 3.13. The van der Waals surface area contributed by atoms with Crippen LogP contribution in [0.1, 0.15) is 0 Å². The van der Waals surface area contributed by atoms with Gasteiger partial charge in [0.2, 0.25) is 6.41 Å². The molecule has 5 nitrogen and oxygen atoms in total. The fraction of sp³-hybridized carbons (Fsp3) is 0. The quantitative estimate of drug-likeness (QED) is 0.627. The molecule has 0 unspecified atom stereocenters. The summed E-state index contributed by atoms with van der Waals surface area (Å²) >= 11 is 0. The molecule has 0 aliphatic heterocycles. The summed E-state index contributed by atoms with van der Waals surface area (Å²) in [6.45, 7) is 0. The lowest BCUT2D eigenvalue weighted by atomic mass is 10.2. The average molecular weight is 253 g/mol. The molecular formula is C14H11N3O2. The number of amides is 1. The molecular weight excluding hydrogens is 242 g/mol. The Morgan fingerprint density at radius 3 is 2.89 bits per heavy atom. The summed E-state index contributed by atoms with van der Waals surface area (Å²) < 4.78 is 0. The third-order valence-corrected chi connectivity index (χ3v) is 2.83. The molecule has 3 N–H and O–H groups in total. The minimum atomic E-state index is 0.196. The number of H-pyrrole nitrogens is 1. The van der Waals surface area contributed by atoms with Gasteiger partial charge >= 0.3 is 0 Å². The maximum Gasteiger partial charge on any atom is 0.211 e. The van der Waals surface area contributed by atoms with E-state index in [1.54, 1.807) is 24.3 Å². The van der Waals surface area contributed by atoms with Crippen LogP contribution in [0.25, 0.3) is 22.4 Å². The molecule has 2 aromatic carbocycles. The fourth-order valence-electron chi connectivity index (χ4n) is 1.96. The number of hydrogen-bond donors (Lipinski definition) is 3. The van der Waals surface area contributed by atoms with E-state index < -0.39 is 0 Å². The monoisotopic (exact) mass is 253 g/mol. The average Bonchev–Trinajstić information content (AvgIpc) is 2.82. The molecule has 3 rings (SSSR count). The Hall–Kier alpha value is -2.82. The first-order valence-corrected chi connectivity index (χ1v) is 5.75. The van der Waals surface area contributed by atoms with Gasteiger partial charge in [-0.1, -0.05) is 12.1 Å². The number of imidazole rings is 1. The van der Waals surface area contributed by atoms with E-state index in [1.165, 1.54) is 0 Å². The molecule has 1 amide bonds. The first-order chi connectivity index (χ1) is 9.26. The minimum Gasteiger partial charge on any atom is -0.508 e. The van der Waals surface area contributed by atoms with E-state index in [-0.39, 0.29) is 5.75 Å². The molecule has 1 aromatic heterocycles. The number of fused-ring (bicyclic) bond motifs is 1. The number of aromatic nitrogens is 2. The van der Waals surface area contributed by atoms with Gasteiger partial charge in [-0.2, -0.15) is 0 Å². The molecule has 0 spiro atoms. The van der Waals surface area contributed by atoms with Crippen LogP contribution in [0.4, 0.5) is 5.69 Å². The zero-order chi connectivity index (χ0) is 13.2. The number of phenolic OH excluding ortho intramolecular Hbond substituents is 1. The third-order valence-electron chi connectivity index (χ3n) is 2.83. The van der Waals surface area contributed by atoms with Crippen molar-refractivity contribution in [1.29, 1.82) is 0 Å². The van der Waals surface area contributed by atoms with Crippen LogP contribution in [0.3, 0.4) is 0 Å². The van der Waals surface area contributed by atoms with E-state index in [0.29, 0.717) is 17.9 Å². The molecule has 0 radical (unpaired) electrons. The van der Waals surface area contributed by atoms with E-state index in [0.717, 1.165) is 16.6 Å². The topological polar surface area (TPSA) is 78.0 Å². The van der Waals surface area contributed by atoms with Crippen molar-refractivity contribution in [2.45, 2.75) is 0 Å².